The Morgan fingerprint density at radius 3 is 2.54 bits per heavy atom. The number of sulfonamides is 1. The molecule has 0 radical (unpaired) electrons. The molecule has 0 aliphatic heterocycles. The summed E-state index contributed by atoms with van der Waals surface area (Å²) in [7, 11) is -2.70. The van der Waals surface area contributed by atoms with Crippen molar-refractivity contribution < 1.29 is 22.0 Å². The molecule has 0 unspecified atom stereocenters. The van der Waals surface area contributed by atoms with Crippen LogP contribution in [0.3, 0.4) is 0 Å². The fourth-order valence-electron chi connectivity index (χ4n) is 1.93. The summed E-state index contributed by atoms with van der Waals surface area (Å²) in [6.07, 6.45) is 1.66. The third kappa shape index (κ3) is 5.50. The monoisotopic (exact) mass is 363 g/mol. The maximum atomic E-state index is 13.2. The van der Waals surface area contributed by atoms with Gasteiger partial charge in [-0.3, -0.25) is 4.79 Å². The molecule has 6 nitrogen and oxygen atoms in total. The van der Waals surface area contributed by atoms with E-state index in [9.17, 15) is 22.0 Å². The van der Waals surface area contributed by atoms with E-state index in [0.29, 0.717) is 6.54 Å². The number of carbonyl (C=O) groups is 1. The molecule has 1 amide bonds. The molecule has 0 aromatic heterocycles. The molecule has 0 saturated heterocycles. The third-order valence-corrected chi connectivity index (χ3v) is 4.88. The number of nitrogens with two attached hydrogens (primary N) is 1. The van der Waals surface area contributed by atoms with Crippen LogP contribution in [0.1, 0.15) is 30.1 Å². The molecule has 1 aromatic rings. The van der Waals surface area contributed by atoms with Crippen molar-refractivity contribution in [3.8, 4) is 0 Å². The van der Waals surface area contributed by atoms with E-state index in [1.165, 1.54) is 29.2 Å². The van der Waals surface area contributed by atoms with Crippen molar-refractivity contribution in [1.82, 2.24) is 9.62 Å². The van der Waals surface area contributed by atoms with E-state index in [1.54, 1.807) is 7.05 Å². The van der Waals surface area contributed by atoms with Crippen molar-refractivity contribution in [2.24, 2.45) is 5.73 Å². The molecule has 24 heavy (non-hydrogen) atoms. The van der Waals surface area contributed by atoms with E-state index in [2.05, 4.69) is 0 Å². The number of carbonyl (C=O) groups excluding carboxylic acids is 1. The van der Waals surface area contributed by atoms with Gasteiger partial charge in [0.15, 0.2) is 0 Å². The second kappa shape index (κ2) is 8.50. The molecule has 0 heterocycles. The molecule has 3 N–H and O–H groups in total. The summed E-state index contributed by atoms with van der Waals surface area (Å²) in [6, 6.07) is 5.52. The summed E-state index contributed by atoms with van der Waals surface area (Å²) >= 11 is 0. The highest BCUT2D eigenvalue weighted by Crippen LogP contribution is 2.18. The topological polar surface area (TPSA) is 92.5 Å². The smallest absolute Gasteiger partial charge is 0.273 e. The first-order valence-corrected chi connectivity index (χ1v) is 9.05. The summed E-state index contributed by atoms with van der Waals surface area (Å²) in [6.45, 7) is 0.344. The average molecular weight is 363 g/mol. The number of amides is 1. The number of nitrogens with one attached hydrogen (secondary N) is 1. The van der Waals surface area contributed by atoms with Gasteiger partial charge >= 0.3 is 0 Å². The lowest BCUT2D eigenvalue weighted by atomic mass is 10.2. The second-order valence-corrected chi connectivity index (χ2v) is 7.20. The van der Waals surface area contributed by atoms with Gasteiger partial charge in [-0.15, -0.1) is 0 Å². The number of unbranched alkanes of at least 4 members (excludes halogenated alkanes) is 1. The number of hydrogen-bond acceptors (Lipinski definition) is 4. The van der Waals surface area contributed by atoms with Crippen LogP contribution in [-0.4, -0.2) is 51.8 Å². The first kappa shape index (κ1) is 20.5. The summed E-state index contributed by atoms with van der Waals surface area (Å²) in [4.78, 5) is 13.5. The number of nitrogens with zero attached hydrogens (tertiary/aromatic N) is 1. The average Bonchev–Trinajstić information content (AvgIpc) is 2.57. The molecule has 1 rings (SSSR count). The van der Waals surface area contributed by atoms with Crippen LogP contribution in [0.15, 0.2) is 29.2 Å². The van der Waals surface area contributed by atoms with Gasteiger partial charge in [0, 0.05) is 13.6 Å². The SMILES string of the molecule is CCCCN(C)C(=O)c1ccccc1S(=O)(=O)NCC(F)(F)CN. The van der Waals surface area contributed by atoms with Crippen molar-refractivity contribution in [1.29, 1.82) is 0 Å². The number of benzene rings is 1. The Labute approximate surface area is 141 Å². The van der Waals surface area contributed by atoms with Gasteiger partial charge in [0.2, 0.25) is 10.0 Å². The zero-order chi connectivity index (χ0) is 18.4. The lowest BCUT2D eigenvalue weighted by molar-refractivity contribution is 0.0170. The predicted octanol–water partition coefficient (Wildman–Crippen LogP) is 1.43. The Hall–Kier alpha value is -1.58. The van der Waals surface area contributed by atoms with Crippen LogP contribution in [0.2, 0.25) is 0 Å². The Kier molecular flexibility index (Phi) is 7.25. The van der Waals surface area contributed by atoms with Gasteiger partial charge in [-0.05, 0) is 18.6 Å². The van der Waals surface area contributed by atoms with E-state index in [1.807, 2.05) is 11.6 Å². The second-order valence-electron chi connectivity index (χ2n) is 5.46. The van der Waals surface area contributed by atoms with Crippen LogP contribution in [0.4, 0.5) is 8.78 Å². The fourth-order valence-corrected chi connectivity index (χ4v) is 3.19. The number of halogens is 2. The largest absolute Gasteiger partial charge is 0.342 e. The number of alkyl halides is 2. The molecule has 0 aliphatic carbocycles. The zero-order valence-electron chi connectivity index (χ0n) is 13.8. The Morgan fingerprint density at radius 2 is 1.96 bits per heavy atom. The highest BCUT2D eigenvalue weighted by Gasteiger charge is 2.31. The molecule has 0 bridgehead atoms. The first-order valence-electron chi connectivity index (χ1n) is 7.56. The Bertz CT molecular complexity index is 666. The zero-order valence-corrected chi connectivity index (χ0v) is 14.6. The van der Waals surface area contributed by atoms with Crippen molar-refractivity contribution in [2.45, 2.75) is 30.6 Å². The van der Waals surface area contributed by atoms with Gasteiger partial charge in [-0.2, -0.15) is 0 Å². The van der Waals surface area contributed by atoms with Gasteiger partial charge < -0.3 is 10.6 Å². The normalized spacial score (nSPS) is 12.2. The summed E-state index contributed by atoms with van der Waals surface area (Å²) < 4.78 is 52.8. The maximum Gasteiger partial charge on any atom is 0.273 e. The third-order valence-electron chi connectivity index (χ3n) is 3.42. The summed E-state index contributed by atoms with van der Waals surface area (Å²) in [5, 5.41) is 0. The molecule has 0 saturated carbocycles. The minimum atomic E-state index is -4.27. The number of rotatable bonds is 9. The van der Waals surface area contributed by atoms with E-state index in [4.69, 9.17) is 5.73 Å². The molecule has 0 aliphatic rings. The van der Waals surface area contributed by atoms with Crippen LogP contribution in [0.25, 0.3) is 0 Å². The molecule has 136 valence electrons. The quantitative estimate of drug-likeness (QED) is 0.694. The van der Waals surface area contributed by atoms with Gasteiger partial charge in [0.1, 0.15) is 0 Å². The Morgan fingerprint density at radius 1 is 1.33 bits per heavy atom. The van der Waals surface area contributed by atoms with E-state index in [-0.39, 0.29) is 10.5 Å². The van der Waals surface area contributed by atoms with Crippen molar-refractivity contribution in [2.75, 3.05) is 26.7 Å². The van der Waals surface area contributed by atoms with Crippen LogP contribution >= 0.6 is 0 Å². The summed E-state index contributed by atoms with van der Waals surface area (Å²) in [5.74, 6) is -3.83. The predicted molar refractivity (Wildman–Crippen MR) is 87.5 cm³/mol. The molecular weight excluding hydrogens is 340 g/mol. The van der Waals surface area contributed by atoms with Gasteiger partial charge in [0.25, 0.3) is 11.8 Å². The fraction of sp³-hybridized carbons (Fsp3) is 0.533. The molecule has 1 aromatic carbocycles. The lowest BCUT2D eigenvalue weighted by Gasteiger charge is -2.19. The minimum absolute atomic E-state index is 0.0559. The highest BCUT2D eigenvalue weighted by atomic mass is 32.2. The van der Waals surface area contributed by atoms with Gasteiger partial charge in [0.05, 0.1) is 23.5 Å². The van der Waals surface area contributed by atoms with Crippen molar-refractivity contribution in [3.63, 3.8) is 0 Å². The molecule has 9 heteroatoms. The van der Waals surface area contributed by atoms with Crippen LogP contribution in [0.5, 0.6) is 0 Å². The van der Waals surface area contributed by atoms with E-state index >= 15 is 0 Å². The molecule has 0 atom stereocenters. The molecule has 0 fully saturated rings. The standard InChI is InChI=1S/C15H23F2N3O3S/c1-3-4-9-20(2)14(21)12-7-5-6-8-13(12)24(22,23)19-11-15(16,17)10-18/h5-8,19H,3-4,9-11,18H2,1-2H3. The maximum absolute atomic E-state index is 13.2. The first-order chi connectivity index (χ1) is 11.1. The van der Waals surface area contributed by atoms with E-state index < -0.39 is 34.9 Å². The Balaban J connectivity index is 3.06. The van der Waals surface area contributed by atoms with Crippen molar-refractivity contribution >= 4 is 15.9 Å². The lowest BCUT2D eigenvalue weighted by Crippen LogP contribution is -2.42. The van der Waals surface area contributed by atoms with Gasteiger partial charge in [-0.1, -0.05) is 25.5 Å². The van der Waals surface area contributed by atoms with Crippen LogP contribution in [0, 0.1) is 0 Å². The van der Waals surface area contributed by atoms with Gasteiger partial charge in [-0.25, -0.2) is 21.9 Å². The van der Waals surface area contributed by atoms with E-state index in [0.717, 1.165) is 12.8 Å². The highest BCUT2D eigenvalue weighted by molar-refractivity contribution is 7.89. The minimum Gasteiger partial charge on any atom is -0.342 e. The summed E-state index contributed by atoms with van der Waals surface area (Å²) in [5.41, 5.74) is 4.84. The van der Waals surface area contributed by atoms with Crippen molar-refractivity contribution in [3.05, 3.63) is 29.8 Å². The molecule has 0 spiro atoms. The van der Waals surface area contributed by atoms with Crippen LogP contribution in [-0.2, 0) is 10.0 Å². The molecular formula is C15H23F2N3O3S. The number of hydrogen-bond donors (Lipinski definition) is 2. The van der Waals surface area contributed by atoms with Crippen LogP contribution < -0.4 is 10.5 Å².